The second-order valence-electron chi connectivity index (χ2n) is 9.42. The Kier molecular flexibility index (Phi) is 6.76. The highest BCUT2D eigenvalue weighted by Gasteiger charge is 2.29. The van der Waals surface area contributed by atoms with Gasteiger partial charge in [0.2, 0.25) is 11.9 Å². The van der Waals surface area contributed by atoms with Gasteiger partial charge in [-0.05, 0) is 31.2 Å². The maximum atomic E-state index is 13.1. The maximum absolute atomic E-state index is 13.1. The van der Waals surface area contributed by atoms with Crippen molar-refractivity contribution in [1.82, 2.24) is 15.3 Å². The summed E-state index contributed by atoms with van der Waals surface area (Å²) in [6.45, 7) is 1.39. The first-order valence-electron chi connectivity index (χ1n) is 12.3. The van der Waals surface area contributed by atoms with E-state index in [0.717, 1.165) is 48.9 Å². The Balaban J connectivity index is 1.34. The van der Waals surface area contributed by atoms with Crippen LogP contribution in [0.2, 0.25) is 0 Å². The Morgan fingerprint density at radius 3 is 2.58 bits per heavy atom. The SMILES string of the molecule is O=C(NC1CCCCCCC1)[C@H]1CCCN(c2nc3c(-c4ccccc4)csc3c(=O)[nH]2)C1. The van der Waals surface area contributed by atoms with Crippen LogP contribution in [0.5, 0.6) is 0 Å². The third-order valence-corrected chi connectivity index (χ3v) is 8.01. The van der Waals surface area contributed by atoms with Gasteiger partial charge in [-0.1, -0.05) is 62.4 Å². The van der Waals surface area contributed by atoms with E-state index in [0.29, 0.717) is 23.2 Å². The zero-order chi connectivity index (χ0) is 22.6. The summed E-state index contributed by atoms with van der Waals surface area (Å²) < 4.78 is 0.646. The normalized spacial score (nSPS) is 20.4. The lowest BCUT2D eigenvalue weighted by Gasteiger charge is -2.33. The number of nitrogens with one attached hydrogen (secondary N) is 2. The highest BCUT2D eigenvalue weighted by molar-refractivity contribution is 7.17. The van der Waals surface area contributed by atoms with E-state index in [9.17, 15) is 9.59 Å². The van der Waals surface area contributed by atoms with Crippen molar-refractivity contribution in [3.8, 4) is 11.1 Å². The van der Waals surface area contributed by atoms with Crippen LogP contribution in [0.4, 0.5) is 5.95 Å². The minimum absolute atomic E-state index is 0.0683. The van der Waals surface area contributed by atoms with Crippen LogP contribution in [0.1, 0.15) is 57.8 Å². The first kappa shape index (κ1) is 22.1. The third-order valence-electron chi connectivity index (χ3n) is 7.04. The van der Waals surface area contributed by atoms with Gasteiger partial charge in [0.25, 0.3) is 5.56 Å². The number of nitrogens with zero attached hydrogens (tertiary/aromatic N) is 2. The number of carbonyl (C=O) groups excluding carboxylic acids is 1. The number of anilines is 1. The van der Waals surface area contributed by atoms with Crippen molar-refractivity contribution >= 4 is 33.4 Å². The summed E-state index contributed by atoms with van der Waals surface area (Å²) in [4.78, 5) is 35.9. The fourth-order valence-electron chi connectivity index (χ4n) is 5.19. The highest BCUT2D eigenvalue weighted by atomic mass is 32.1. The van der Waals surface area contributed by atoms with E-state index in [1.54, 1.807) is 0 Å². The molecule has 0 radical (unpaired) electrons. The molecule has 1 aliphatic heterocycles. The van der Waals surface area contributed by atoms with E-state index >= 15 is 0 Å². The van der Waals surface area contributed by atoms with E-state index in [-0.39, 0.29) is 17.4 Å². The van der Waals surface area contributed by atoms with Crippen LogP contribution >= 0.6 is 11.3 Å². The number of amides is 1. The van der Waals surface area contributed by atoms with Crippen molar-refractivity contribution in [2.24, 2.45) is 5.92 Å². The zero-order valence-electron chi connectivity index (χ0n) is 19.0. The van der Waals surface area contributed by atoms with Crippen LogP contribution in [-0.4, -0.2) is 35.0 Å². The van der Waals surface area contributed by atoms with Gasteiger partial charge < -0.3 is 10.2 Å². The zero-order valence-corrected chi connectivity index (χ0v) is 19.8. The van der Waals surface area contributed by atoms with E-state index in [4.69, 9.17) is 4.98 Å². The Morgan fingerprint density at radius 2 is 1.79 bits per heavy atom. The molecular formula is C26H32N4O2S. The van der Waals surface area contributed by atoms with E-state index in [1.165, 1.54) is 43.4 Å². The molecule has 3 aromatic rings. The Labute approximate surface area is 198 Å². The van der Waals surface area contributed by atoms with Gasteiger partial charge in [-0.3, -0.25) is 14.6 Å². The molecule has 174 valence electrons. The van der Waals surface area contributed by atoms with Crippen LogP contribution in [0.15, 0.2) is 40.5 Å². The predicted octanol–water partition coefficient (Wildman–Crippen LogP) is 5.10. The minimum Gasteiger partial charge on any atom is -0.353 e. The summed E-state index contributed by atoms with van der Waals surface area (Å²) in [5.74, 6) is 0.669. The average Bonchev–Trinajstić information content (AvgIpc) is 3.26. The molecule has 2 aromatic heterocycles. The Morgan fingerprint density at radius 1 is 1.03 bits per heavy atom. The number of fused-ring (bicyclic) bond motifs is 1. The molecule has 1 saturated carbocycles. The summed E-state index contributed by atoms with van der Waals surface area (Å²) in [7, 11) is 0. The molecule has 1 aliphatic carbocycles. The molecule has 0 unspecified atom stereocenters. The number of hydrogen-bond acceptors (Lipinski definition) is 5. The smallest absolute Gasteiger partial charge is 0.270 e. The minimum atomic E-state index is -0.108. The number of rotatable bonds is 4. The molecule has 1 aromatic carbocycles. The molecule has 1 amide bonds. The van der Waals surface area contributed by atoms with Gasteiger partial charge in [0.1, 0.15) is 4.70 Å². The van der Waals surface area contributed by atoms with Gasteiger partial charge in [-0.25, -0.2) is 4.98 Å². The van der Waals surface area contributed by atoms with Gasteiger partial charge >= 0.3 is 0 Å². The molecule has 0 spiro atoms. The lowest BCUT2D eigenvalue weighted by Crippen LogP contribution is -2.46. The summed E-state index contributed by atoms with van der Waals surface area (Å²) in [5, 5.41) is 5.35. The molecule has 5 rings (SSSR count). The summed E-state index contributed by atoms with van der Waals surface area (Å²) >= 11 is 1.43. The van der Waals surface area contributed by atoms with Crippen LogP contribution in [0.3, 0.4) is 0 Å². The first-order valence-corrected chi connectivity index (χ1v) is 13.2. The standard InChI is InChI=1S/C26H32N4O2S/c31-24(27-20-13-7-2-1-3-8-14-20)19-12-9-15-30(16-19)26-28-22-21(18-10-5-4-6-11-18)17-33-23(22)25(32)29-26/h4-6,10-11,17,19-20H,1-3,7-9,12-16H2,(H,27,31)(H,28,29,32)/t19-/m0/s1. The number of aromatic nitrogens is 2. The largest absolute Gasteiger partial charge is 0.353 e. The molecule has 3 heterocycles. The molecule has 7 heteroatoms. The van der Waals surface area contributed by atoms with Crippen molar-refractivity contribution in [3.05, 3.63) is 46.1 Å². The predicted molar refractivity (Wildman–Crippen MR) is 135 cm³/mol. The molecule has 6 nitrogen and oxygen atoms in total. The van der Waals surface area contributed by atoms with E-state index < -0.39 is 0 Å². The third kappa shape index (κ3) is 4.98. The van der Waals surface area contributed by atoms with Gasteiger partial charge in [0.05, 0.1) is 11.4 Å². The molecule has 33 heavy (non-hydrogen) atoms. The van der Waals surface area contributed by atoms with Crippen LogP contribution < -0.4 is 15.8 Å². The van der Waals surface area contributed by atoms with Crippen molar-refractivity contribution in [3.63, 3.8) is 0 Å². The summed E-state index contributed by atoms with van der Waals surface area (Å²) in [6, 6.07) is 10.4. The van der Waals surface area contributed by atoms with Gasteiger partial charge in [-0.15, -0.1) is 11.3 Å². The fraction of sp³-hybridized carbons (Fsp3) is 0.500. The summed E-state index contributed by atoms with van der Waals surface area (Å²) in [6.07, 6.45) is 10.3. The quantitative estimate of drug-likeness (QED) is 0.563. The lowest BCUT2D eigenvalue weighted by molar-refractivity contribution is -0.126. The number of carbonyl (C=O) groups is 1. The molecule has 2 N–H and O–H groups in total. The number of benzene rings is 1. The van der Waals surface area contributed by atoms with Crippen molar-refractivity contribution in [1.29, 1.82) is 0 Å². The maximum Gasteiger partial charge on any atom is 0.270 e. The monoisotopic (exact) mass is 464 g/mol. The Hall–Kier alpha value is -2.67. The van der Waals surface area contributed by atoms with Gasteiger partial charge in [0.15, 0.2) is 0 Å². The van der Waals surface area contributed by atoms with Crippen LogP contribution in [0, 0.1) is 5.92 Å². The second-order valence-corrected chi connectivity index (χ2v) is 10.3. The molecule has 1 saturated heterocycles. The first-order chi connectivity index (χ1) is 16.2. The average molecular weight is 465 g/mol. The molecule has 2 aliphatic rings. The van der Waals surface area contributed by atoms with Crippen molar-refractivity contribution < 1.29 is 4.79 Å². The number of H-pyrrole nitrogens is 1. The van der Waals surface area contributed by atoms with Gasteiger partial charge in [-0.2, -0.15) is 0 Å². The number of piperidine rings is 1. The Bertz CT molecular complexity index is 1150. The van der Waals surface area contributed by atoms with Crippen molar-refractivity contribution in [2.45, 2.75) is 63.8 Å². The number of hydrogen-bond donors (Lipinski definition) is 2. The number of thiophene rings is 1. The van der Waals surface area contributed by atoms with Crippen molar-refractivity contribution in [2.75, 3.05) is 18.0 Å². The van der Waals surface area contributed by atoms with E-state index in [1.807, 2.05) is 35.7 Å². The molecule has 2 fully saturated rings. The lowest BCUT2D eigenvalue weighted by atomic mass is 9.94. The second kappa shape index (κ2) is 10.1. The topological polar surface area (TPSA) is 78.1 Å². The summed E-state index contributed by atoms with van der Waals surface area (Å²) in [5.41, 5.74) is 2.68. The molecular weight excluding hydrogens is 432 g/mol. The molecule has 1 atom stereocenters. The fourth-order valence-corrected chi connectivity index (χ4v) is 6.10. The molecule has 0 bridgehead atoms. The van der Waals surface area contributed by atoms with Crippen LogP contribution in [-0.2, 0) is 4.79 Å². The van der Waals surface area contributed by atoms with Crippen LogP contribution in [0.25, 0.3) is 21.3 Å². The van der Waals surface area contributed by atoms with Gasteiger partial charge in [0, 0.05) is 30.1 Å². The van der Waals surface area contributed by atoms with E-state index in [2.05, 4.69) is 15.2 Å². The number of aromatic amines is 1. The highest BCUT2D eigenvalue weighted by Crippen LogP contribution is 2.32.